The lowest BCUT2D eigenvalue weighted by Crippen LogP contribution is -2.23. The first kappa shape index (κ1) is 14.6. The lowest BCUT2D eigenvalue weighted by Gasteiger charge is -2.19. The highest BCUT2D eigenvalue weighted by Crippen LogP contribution is 2.41. The highest BCUT2D eigenvalue weighted by atomic mass is 16.6. The lowest BCUT2D eigenvalue weighted by atomic mass is 9.88. The zero-order valence-electron chi connectivity index (χ0n) is 11.4. The van der Waals surface area contributed by atoms with Gasteiger partial charge in [0.05, 0.1) is 33.4 Å². The number of aliphatic hydroxyl groups is 2. The molecule has 110 valence electrons. The molecule has 1 heterocycles. The molecule has 0 bridgehead atoms. The second kappa shape index (κ2) is 6.11. The van der Waals surface area contributed by atoms with Crippen molar-refractivity contribution >= 4 is 5.97 Å². The van der Waals surface area contributed by atoms with Crippen LogP contribution in [0, 0.1) is 11.8 Å². The summed E-state index contributed by atoms with van der Waals surface area (Å²) in [4.78, 5) is 11.7. The van der Waals surface area contributed by atoms with Crippen LogP contribution < -0.4 is 9.47 Å². The minimum Gasteiger partial charge on any atom is -0.493 e. The third kappa shape index (κ3) is 2.44. The van der Waals surface area contributed by atoms with Gasteiger partial charge in [0.2, 0.25) is 0 Å². The average Bonchev–Trinajstić information content (AvgIpc) is 2.82. The van der Waals surface area contributed by atoms with E-state index in [9.17, 15) is 15.0 Å². The first-order valence-electron chi connectivity index (χ1n) is 6.30. The molecule has 1 aliphatic heterocycles. The molecule has 20 heavy (non-hydrogen) atoms. The van der Waals surface area contributed by atoms with Gasteiger partial charge >= 0.3 is 5.97 Å². The Balaban J connectivity index is 2.33. The maximum atomic E-state index is 11.7. The minimum atomic E-state index is -0.696. The van der Waals surface area contributed by atoms with E-state index in [1.54, 1.807) is 18.2 Å². The molecule has 0 spiro atoms. The van der Waals surface area contributed by atoms with Crippen molar-refractivity contribution in [1.82, 2.24) is 0 Å². The minimum absolute atomic E-state index is 0.240. The molecular weight excluding hydrogens is 264 g/mol. The number of hydrogen-bond acceptors (Lipinski definition) is 6. The summed E-state index contributed by atoms with van der Waals surface area (Å²) in [6.45, 7) is -0.580. The summed E-state index contributed by atoms with van der Waals surface area (Å²) in [5.74, 6) is -0.569. The Bertz CT molecular complexity index is 487. The van der Waals surface area contributed by atoms with E-state index < -0.39 is 23.9 Å². The van der Waals surface area contributed by atoms with Crippen molar-refractivity contribution in [2.75, 3.05) is 27.4 Å². The van der Waals surface area contributed by atoms with E-state index in [0.717, 1.165) is 0 Å². The van der Waals surface area contributed by atoms with E-state index in [0.29, 0.717) is 17.1 Å². The van der Waals surface area contributed by atoms with Crippen molar-refractivity contribution in [1.29, 1.82) is 0 Å². The molecule has 1 fully saturated rings. The van der Waals surface area contributed by atoms with Crippen LogP contribution in [0.25, 0.3) is 0 Å². The van der Waals surface area contributed by atoms with Crippen LogP contribution in [-0.4, -0.2) is 43.6 Å². The Morgan fingerprint density at radius 1 is 1.15 bits per heavy atom. The summed E-state index contributed by atoms with van der Waals surface area (Å²) in [6, 6.07) is 5.17. The molecule has 2 N–H and O–H groups in total. The van der Waals surface area contributed by atoms with Crippen molar-refractivity contribution in [3.8, 4) is 11.5 Å². The van der Waals surface area contributed by atoms with Gasteiger partial charge < -0.3 is 24.4 Å². The largest absolute Gasteiger partial charge is 0.493 e. The maximum Gasteiger partial charge on any atom is 0.312 e. The Kier molecular flexibility index (Phi) is 4.46. The van der Waals surface area contributed by atoms with Gasteiger partial charge in [0.15, 0.2) is 11.5 Å². The predicted octanol–water partition coefficient (Wildman–Crippen LogP) is 0.519. The summed E-state index contributed by atoms with van der Waals surface area (Å²) >= 11 is 0. The monoisotopic (exact) mass is 282 g/mol. The molecule has 0 aromatic heterocycles. The molecule has 6 nitrogen and oxygen atoms in total. The van der Waals surface area contributed by atoms with Gasteiger partial charge in [0, 0.05) is 5.92 Å². The Labute approximate surface area is 116 Å². The van der Waals surface area contributed by atoms with Crippen molar-refractivity contribution in [2.24, 2.45) is 11.8 Å². The first-order valence-corrected chi connectivity index (χ1v) is 6.30. The molecule has 0 amide bonds. The smallest absolute Gasteiger partial charge is 0.312 e. The topological polar surface area (TPSA) is 85.2 Å². The SMILES string of the molecule is COc1ccc(C2OC(=O)C(CO)C2CO)cc1OC. The van der Waals surface area contributed by atoms with Gasteiger partial charge in [-0.25, -0.2) is 0 Å². The summed E-state index contributed by atoms with van der Waals surface area (Å²) in [5, 5.41) is 18.7. The van der Waals surface area contributed by atoms with E-state index in [1.807, 2.05) is 0 Å². The van der Waals surface area contributed by atoms with Gasteiger partial charge in [-0.1, -0.05) is 6.07 Å². The van der Waals surface area contributed by atoms with Crippen LogP contribution in [-0.2, 0) is 9.53 Å². The summed E-state index contributed by atoms with van der Waals surface area (Å²) in [6.07, 6.45) is -0.593. The molecule has 1 saturated heterocycles. The van der Waals surface area contributed by atoms with Crippen LogP contribution in [0.1, 0.15) is 11.7 Å². The summed E-state index contributed by atoms with van der Waals surface area (Å²) < 4.78 is 15.6. The third-order valence-electron chi connectivity index (χ3n) is 3.60. The Hall–Kier alpha value is -1.79. The zero-order chi connectivity index (χ0) is 14.7. The van der Waals surface area contributed by atoms with Crippen LogP contribution in [0.2, 0.25) is 0 Å². The van der Waals surface area contributed by atoms with Crippen LogP contribution in [0.15, 0.2) is 18.2 Å². The van der Waals surface area contributed by atoms with Crippen LogP contribution >= 0.6 is 0 Å². The highest BCUT2D eigenvalue weighted by Gasteiger charge is 2.44. The van der Waals surface area contributed by atoms with Crippen molar-refractivity contribution in [3.63, 3.8) is 0 Å². The number of hydrogen-bond donors (Lipinski definition) is 2. The van der Waals surface area contributed by atoms with E-state index in [-0.39, 0.29) is 13.2 Å². The van der Waals surface area contributed by atoms with Crippen molar-refractivity contribution in [3.05, 3.63) is 23.8 Å². The summed E-state index contributed by atoms with van der Waals surface area (Å²) in [7, 11) is 3.05. The predicted molar refractivity (Wildman–Crippen MR) is 69.5 cm³/mol. The second-order valence-corrected chi connectivity index (χ2v) is 4.61. The second-order valence-electron chi connectivity index (χ2n) is 4.61. The number of esters is 1. The Morgan fingerprint density at radius 3 is 2.40 bits per heavy atom. The van der Waals surface area contributed by atoms with Gasteiger partial charge in [0.25, 0.3) is 0 Å². The number of rotatable bonds is 5. The van der Waals surface area contributed by atoms with Crippen LogP contribution in [0.3, 0.4) is 0 Å². The highest BCUT2D eigenvalue weighted by molar-refractivity contribution is 5.75. The van der Waals surface area contributed by atoms with E-state index in [2.05, 4.69) is 0 Å². The molecule has 6 heteroatoms. The van der Waals surface area contributed by atoms with E-state index in [1.165, 1.54) is 14.2 Å². The molecule has 1 aliphatic rings. The Morgan fingerprint density at radius 2 is 1.85 bits per heavy atom. The number of methoxy groups -OCH3 is 2. The molecule has 1 aromatic carbocycles. The number of carbonyl (C=O) groups excluding carboxylic acids is 1. The molecular formula is C14H18O6. The molecule has 2 rings (SSSR count). The summed E-state index contributed by atoms with van der Waals surface area (Å²) in [5.41, 5.74) is 0.700. The first-order chi connectivity index (χ1) is 9.65. The number of ether oxygens (including phenoxy) is 3. The molecule has 0 saturated carbocycles. The van der Waals surface area contributed by atoms with Crippen molar-refractivity contribution in [2.45, 2.75) is 6.10 Å². The molecule has 1 aromatic rings. The fraction of sp³-hybridized carbons (Fsp3) is 0.500. The molecule has 0 aliphatic carbocycles. The third-order valence-corrected chi connectivity index (χ3v) is 3.60. The van der Waals surface area contributed by atoms with Gasteiger partial charge in [-0.2, -0.15) is 0 Å². The van der Waals surface area contributed by atoms with Crippen LogP contribution in [0.5, 0.6) is 11.5 Å². The van der Waals surface area contributed by atoms with E-state index in [4.69, 9.17) is 14.2 Å². The van der Waals surface area contributed by atoms with Gasteiger partial charge in [-0.3, -0.25) is 4.79 Å². The number of aliphatic hydroxyl groups excluding tert-OH is 2. The number of carbonyl (C=O) groups is 1. The molecule has 3 atom stereocenters. The lowest BCUT2D eigenvalue weighted by molar-refractivity contribution is -0.145. The van der Waals surface area contributed by atoms with Gasteiger partial charge in [0.1, 0.15) is 6.10 Å². The fourth-order valence-electron chi connectivity index (χ4n) is 2.46. The van der Waals surface area contributed by atoms with Gasteiger partial charge in [-0.15, -0.1) is 0 Å². The number of cyclic esters (lactones) is 1. The quantitative estimate of drug-likeness (QED) is 0.766. The normalized spacial score (nSPS) is 25.4. The van der Waals surface area contributed by atoms with Crippen LogP contribution in [0.4, 0.5) is 0 Å². The van der Waals surface area contributed by atoms with Crippen molar-refractivity contribution < 1.29 is 29.2 Å². The van der Waals surface area contributed by atoms with E-state index >= 15 is 0 Å². The molecule has 3 unspecified atom stereocenters. The zero-order valence-corrected chi connectivity index (χ0v) is 11.4. The maximum absolute atomic E-state index is 11.7. The van der Waals surface area contributed by atoms with Gasteiger partial charge in [-0.05, 0) is 17.7 Å². The molecule has 0 radical (unpaired) electrons. The standard InChI is InChI=1S/C14H18O6/c1-18-11-4-3-8(5-12(11)19-2)13-9(6-15)10(7-16)14(17)20-13/h3-5,9-10,13,15-16H,6-7H2,1-2H3. The number of benzene rings is 1. The average molecular weight is 282 g/mol. The fourth-order valence-corrected chi connectivity index (χ4v) is 2.46.